The van der Waals surface area contributed by atoms with Crippen LogP contribution in [0.4, 0.5) is 0 Å². The van der Waals surface area contributed by atoms with E-state index in [0.29, 0.717) is 25.2 Å². The minimum atomic E-state index is -1.09. The molecule has 1 saturated heterocycles. The number of rotatable bonds is 5. The van der Waals surface area contributed by atoms with Crippen molar-refractivity contribution in [1.82, 2.24) is 9.80 Å². The van der Waals surface area contributed by atoms with E-state index >= 15 is 0 Å². The first-order valence-electron chi connectivity index (χ1n) is 8.82. The van der Waals surface area contributed by atoms with Crippen LogP contribution >= 0.6 is 0 Å². The number of benzene rings is 2. The summed E-state index contributed by atoms with van der Waals surface area (Å²) in [7, 11) is 0. The van der Waals surface area contributed by atoms with Crippen molar-refractivity contribution in [2.75, 3.05) is 19.6 Å². The highest BCUT2D eigenvalue weighted by molar-refractivity contribution is 6.08. The monoisotopic (exact) mass is 354 g/mol. The van der Waals surface area contributed by atoms with Crippen molar-refractivity contribution in [3.63, 3.8) is 0 Å². The van der Waals surface area contributed by atoms with Gasteiger partial charge in [-0.3, -0.25) is 14.4 Å². The predicted molar refractivity (Wildman–Crippen MR) is 97.9 cm³/mol. The molecule has 1 fully saturated rings. The molecule has 1 heterocycles. The standard InChI is InChI=1S/C20H22N2O4/c1-2-10-21-11-12-22(17(20(21)26)13-18(23)24)19(25)16-9-5-7-14-6-3-4-8-15(14)16/h3-9,17H,2,10-13H2,1H3,(H,23,24). The number of carbonyl (C=O) groups excluding carboxylic acids is 2. The number of aliphatic carboxylic acids is 1. The molecule has 0 aliphatic carbocycles. The van der Waals surface area contributed by atoms with Gasteiger partial charge < -0.3 is 14.9 Å². The van der Waals surface area contributed by atoms with Gasteiger partial charge >= 0.3 is 5.97 Å². The van der Waals surface area contributed by atoms with E-state index in [4.69, 9.17) is 0 Å². The molecule has 0 saturated carbocycles. The zero-order valence-corrected chi connectivity index (χ0v) is 14.7. The summed E-state index contributed by atoms with van der Waals surface area (Å²) in [5, 5.41) is 11.0. The van der Waals surface area contributed by atoms with Crippen molar-refractivity contribution in [3.8, 4) is 0 Å². The van der Waals surface area contributed by atoms with Gasteiger partial charge in [-0.1, -0.05) is 43.3 Å². The smallest absolute Gasteiger partial charge is 0.305 e. The van der Waals surface area contributed by atoms with Gasteiger partial charge in [-0.15, -0.1) is 0 Å². The van der Waals surface area contributed by atoms with Crippen LogP contribution in [0.15, 0.2) is 42.5 Å². The van der Waals surface area contributed by atoms with Crippen LogP contribution in [-0.4, -0.2) is 58.4 Å². The van der Waals surface area contributed by atoms with Crippen LogP contribution in [0.25, 0.3) is 10.8 Å². The fourth-order valence-electron chi connectivity index (χ4n) is 3.50. The molecule has 26 heavy (non-hydrogen) atoms. The van der Waals surface area contributed by atoms with Crippen molar-refractivity contribution in [2.24, 2.45) is 0 Å². The second-order valence-electron chi connectivity index (χ2n) is 6.46. The number of amides is 2. The number of carbonyl (C=O) groups is 3. The molecule has 0 bridgehead atoms. The van der Waals surface area contributed by atoms with Crippen LogP contribution < -0.4 is 0 Å². The number of nitrogens with zero attached hydrogens (tertiary/aromatic N) is 2. The first-order chi connectivity index (χ1) is 12.5. The Morgan fingerprint density at radius 2 is 1.85 bits per heavy atom. The minimum absolute atomic E-state index is 0.283. The summed E-state index contributed by atoms with van der Waals surface area (Å²) < 4.78 is 0. The maximum Gasteiger partial charge on any atom is 0.305 e. The third-order valence-electron chi connectivity index (χ3n) is 4.73. The third-order valence-corrected chi connectivity index (χ3v) is 4.73. The molecule has 1 aliphatic heterocycles. The summed E-state index contributed by atoms with van der Waals surface area (Å²) in [6.07, 6.45) is 0.415. The van der Waals surface area contributed by atoms with E-state index in [0.717, 1.165) is 17.2 Å². The highest BCUT2D eigenvalue weighted by Gasteiger charge is 2.39. The molecular formula is C20H22N2O4. The molecule has 2 amide bonds. The molecule has 1 aliphatic rings. The number of fused-ring (bicyclic) bond motifs is 1. The first-order valence-corrected chi connectivity index (χ1v) is 8.82. The SMILES string of the molecule is CCCN1CCN(C(=O)c2cccc3ccccc23)C(CC(=O)O)C1=O. The summed E-state index contributed by atoms with van der Waals surface area (Å²) in [6.45, 7) is 3.31. The van der Waals surface area contributed by atoms with Gasteiger partial charge in [-0.2, -0.15) is 0 Å². The Hall–Kier alpha value is -2.89. The molecule has 1 unspecified atom stereocenters. The molecule has 6 heteroatoms. The minimum Gasteiger partial charge on any atom is -0.481 e. The van der Waals surface area contributed by atoms with E-state index in [-0.39, 0.29) is 18.2 Å². The predicted octanol–water partition coefficient (Wildman–Crippen LogP) is 2.38. The Morgan fingerprint density at radius 3 is 2.58 bits per heavy atom. The number of carboxylic acids is 1. The van der Waals surface area contributed by atoms with Crippen molar-refractivity contribution < 1.29 is 19.5 Å². The highest BCUT2D eigenvalue weighted by Crippen LogP contribution is 2.23. The summed E-state index contributed by atoms with van der Waals surface area (Å²) in [5.74, 6) is -1.66. The van der Waals surface area contributed by atoms with Gasteiger partial charge in [-0.25, -0.2) is 0 Å². The average molecular weight is 354 g/mol. The third kappa shape index (κ3) is 3.40. The van der Waals surface area contributed by atoms with Crippen LogP contribution in [0.5, 0.6) is 0 Å². The van der Waals surface area contributed by atoms with Gasteiger partial charge in [0.15, 0.2) is 0 Å². The topological polar surface area (TPSA) is 77.9 Å². The first kappa shape index (κ1) is 17.9. The van der Waals surface area contributed by atoms with Gasteiger partial charge in [0.1, 0.15) is 6.04 Å². The maximum absolute atomic E-state index is 13.2. The second-order valence-corrected chi connectivity index (χ2v) is 6.46. The summed E-state index contributed by atoms with van der Waals surface area (Å²) in [5.41, 5.74) is 0.496. The lowest BCUT2D eigenvalue weighted by Crippen LogP contribution is -2.59. The molecule has 1 atom stereocenters. The van der Waals surface area contributed by atoms with E-state index in [9.17, 15) is 19.5 Å². The number of hydrogen-bond acceptors (Lipinski definition) is 3. The Kier molecular flexibility index (Phi) is 5.21. The molecule has 0 aromatic heterocycles. The molecule has 6 nitrogen and oxygen atoms in total. The van der Waals surface area contributed by atoms with E-state index in [1.54, 1.807) is 17.0 Å². The Morgan fingerprint density at radius 1 is 1.12 bits per heavy atom. The van der Waals surface area contributed by atoms with Crippen LogP contribution in [0.3, 0.4) is 0 Å². The second kappa shape index (κ2) is 7.56. The lowest BCUT2D eigenvalue weighted by molar-refractivity contribution is -0.147. The van der Waals surface area contributed by atoms with Gasteiger partial charge in [0.2, 0.25) is 5.91 Å². The Balaban J connectivity index is 1.96. The van der Waals surface area contributed by atoms with Crippen LogP contribution in [-0.2, 0) is 9.59 Å². The van der Waals surface area contributed by atoms with Crippen molar-refractivity contribution in [1.29, 1.82) is 0 Å². The summed E-state index contributed by atoms with van der Waals surface area (Å²) in [4.78, 5) is 40.3. The Bertz CT molecular complexity index is 843. The molecule has 2 aromatic carbocycles. The van der Waals surface area contributed by atoms with E-state index in [2.05, 4.69) is 0 Å². The number of carboxylic acid groups (broad SMARTS) is 1. The van der Waals surface area contributed by atoms with Gasteiger partial charge in [-0.05, 0) is 23.3 Å². The molecule has 0 spiro atoms. The average Bonchev–Trinajstić information content (AvgIpc) is 2.64. The van der Waals surface area contributed by atoms with Gasteiger partial charge in [0.25, 0.3) is 5.91 Å². The number of hydrogen-bond donors (Lipinski definition) is 1. The van der Waals surface area contributed by atoms with Gasteiger partial charge in [0, 0.05) is 25.2 Å². The fraction of sp³-hybridized carbons (Fsp3) is 0.350. The maximum atomic E-state index is 13.2. The molecule has 1 N–H and O–H groups in total. The van der Waals surface area contributed by atoms with Crippen LogP contribution in [0.2, 0.25) is 0 Å². The van der Waals surface area contributed by atoms with E-state index in [1.165, 1.54) is 4.90 Å². The fourth-order valence-corrected chi connectivity index (χ4v) is 3.50. The quantitative estimate of drug-likeness (QED) is 0.894. The molecule has 136 valence electrons. The number of piperazine rings is 1. The lowest BCUT2D eigenvalue weighted by atomic mass is 10.0. The molecule has 0 radical (unpaired) electrons. The normalized spacial score (nSPS) is 17.6. The lowest BCUT2D eigenvalue weighted by Gasteiger charge is -2.40. The zero-order valence-electron chi connectivity index (χ0n) is 14.7. The molecular weight excluding hydrogens is 332 g/mol. The summed E-state index contributed by atoms with van der Waals surface area (Å²) in [6, 6.07) is 12.0. The summed E-state index contributed by atoms with van der Waals surface area (Å²) >= 11 is 0. The van der Waals surface area contributed by atoms with Crippen molar-refractivity contribution in [2.45, 2.75) is 25.8 Å². The van der Waals surface area contributed by atoms with Gasteiger partial charge in [0.05, 0.1) is 6.42 Å². The van der Waals surface area contributed by atoms with Crippen molar-refractivity contribution >= 4 is 28.6 Å². The van der Waals surface area contributed by atoms with Crippen LogP contribution in [0, 0.1) is 0 Å². The zero-order chi connectivity index (χ0) is 18.7. The Labute approximate surface area is 152 Å². The van der Waals surface area contributed by atoms with Crippen molar-refractivity contribution in [3.05, 3.63) is 48.0 Å². The molecule has 3 rings (SSSR count). The van der Waals surface area contributed by atoms with Crippen LogP contribution in [0.1, 0.15) is 30.1 Å². The van der Waals surface area contributed by atoms with E-state index < -0.39 is 12.0 Å². The highest BCUT2D eigenvalue weighted by atomic mass is 16.4. The molecule has 2 aromatic rings. The largest absolute Gasteiger partial charge is 0.481 e. The van der Waals surface area contributed by atoms with E-state index in [1.807, 2.05) is 37.3 Å².